The van der Waals surface area contributed by atoms with Crippen LogP contribution < -0.4 is 9.64 Å². The number of fused-ring (bicyclic) bond motifs is 1. The number of halogens is 2. The van der Waals surface area contributed by atoms with E-state index in [9.17, 15) is 24.1 Å². The number of nitro benzene ring substituents is 1. The van der Waals surface area contributed by atoms with E-state index in [4.69, 9.17) is 4.74 Å². The number of amides is 2. The molecule has 0 aliphatic carbocycles. The van der Waals surface area contributed by atoms with Crippen molar-refractivity contribution in [1.29, 1.82) is 0 Å². The van der Waals surface area contributed by atoms with Crippen molar-refractivity contribution >= 4 is 39.1 Å². The van der Waals surface area contributed by atoms with Crippen LogP contribution in [0.15, 0.2) is 40.9 Å². The number of carbonyl (C=O) groups is 2. The number of ether oxygens (including phenoxy) is 1. The van der Waals surface area contributed by atoms with Crippen LogP contribution in [0.1, 0.15) is 5.56 Å². The fourth-order valence-corrected chi connectivity index (χ4v) is 3.15. The summed E-state index contributed by atoms with van der Waals surface area (Å²) < 4.78 is 19.9. The minimum Gasteiger partial charge on any atom is -0.482 e. The zero-order chi connectivity index (χ0) is 20.4. The lowest BCUT2D eigenvalue weighted by Gasteiger charge is -2.30. The van der Waals surface area contributed by atoms with Gasteiger partial charge in [-0.25, -0.2) is 4.39 Å². The molecule has 0 saturated carbocycles. The zero-order valence-corrected chi connectivity index (χ0v) is 16.3. The quantitative estimate of drug-likeness (QED) is 0.514. The topological polar surface area (TPSA) is 93.0 Å². The number of nitrogens with zero attached hydrogens (tertiary/aromatic N) is 3. The normalized spacial score (nSPS) is 13.0. The van der Waals surface area contributed by atoms with Crippen LogP contribution in [-0.4, -0.2) is 41.8 Å². The van der Waals surface area contributed by atoms with Crippen molar-refractivity contribution in [2.75, 3.05) is 25.1 Å². The number of nitro groups is 1. The minimum atomic E-state index is -0.596. The fourth-order valence-electron chi connectivity index (χ4n) is 2.74. The van der Waals surface area contributed by atoms with Crippen LogP contribution in [0, 0.1) is 15.9 Å². The highest BCUT2D eigenvalue weighted by Gasteiger charge is 2.30. The first kappa shape index (κ1) is 19.7. The first-order valence-corrected chi connectivity index (χ1v) is 8.95. The molecule has 0 unspecified atom stereocenters. The van der Waals surface area contributed by atoms with Crippen LogP contribution in [0.5, 0.6) is 5.75 Å². The van der Waals surface area contributed by atoms with Crippen LogP contribution >= 0.6 is 15.9 Å². The third-order valence-corrected chi connectivity index (χ3v) is 4.72. The molecule has 10 heteroatoms. The molecule has 8 nitrogen and oxygen atoms in total. The molecule has 0 radical (unpaired) electrons. The molecule has 2 aromatic carbocycles. The van der Waals surface area contributed by atoms with Crippen molar-refractivity contribution in [3.63, 3.8) is 0 Å². The van der Waals surface area contributed by atoms with Gasteiger partial charge in [-0.3, -0.25) is 24.6 Å². The maximum atomic E-state index is 13.9. The van der Waals surface area contributed by atoms with Crippen molar-refractivity contribution in [2.45, 2.75) is 6.54 Å². The van der Waals surface area contributed by atoms with Crippen molar-refractivity contribution in [2.24, 2.45) is 0 Å². The third kappa shape index (κ3) is 4.11. The number of hydrogen-bond donors (Lipinski definition) is 0. The number of likely N-dealkylation sites (N-methyl/N-ethyl adjacent to an activating group) is 1. The molecule has 1 aliphatic rings. The number of rotatable bonds is 5. The molecule has 2 aromatic rings. The van der Waals surface area contributed by atoms with Crippen LogP contribution in [-0.2, 0) is 16.1 Å². The Morgan fingerprint density at radius 1 is 1.36 bits per heavy atom. The van der Waals surface area contributed by atoms with E-state index in [0.717, 1.165) is 4.90 Å². The van der Waals surface area contributed by atoms with Crippen LogP contribution in [0.2, 0.25) is 0 Å². The monoisotopic (exact) mass is 451 g/mol. The maximum Gasteiger partial charge on any atom is 0.271 e. The Balaban J connectivity index is 1.80. The number of non-ortho nitro benzene ring substituents is 1. The van der Waals surface area contributed by atoms with Gasteiger partial charge >= 0.3 is 0 Å². The van der Waals surface area contributed by atoms with Gasteiger partial charge in [-0.05, 0) is 24.3 Å². The largest absolute Gasteiger partial charge is 0.482 e. The number of benzene rings is 2. The molecule has 0 saturated heterocycles. The van der Waals surface area contributed by atoms with Gasteiger partial charge in [0.1, 0.15) is 18.1 Å². The lowest BCUT2D eigenvalue weighted by Crippen LogP contribution is -2.45. The van der Waals surface area contributed by atoms with E-state index in [1.807, 2.05) is 0 Å². The van der Waals surface area contributed by atoms with Crippen molar-refractivity contribution in [3.05, 3.63) is 62.4 Å². The lowest BCUT2D eigenvalue weighted by molar-refractivity contribution is -0.384. The number of carbonyl (C=O) groups excluding carboxylic acids is 2. The second kappa shape index (κ2) is 7.93. The maximum absolute atomic E-state index is 13.9. The second-order valence-corrected chi connectivity index (χ2v) is 7.08. The predicted molar refractivity (Wildman–Crippen MR) is 102 cm³/mol. The van der Waals surface area contributed by atoms with Crippen LogP contribution in [0.3, 0.4) is 0 Å². The molecular weight excluding hydrogens is 437 g/mol. The summed E-state index contributed by atoms with van der Waals surface area (Å²) >= 11 is 3.26. The van der Waals surface area contributed by atoms with Gasteiger partial charge < -0.3 is 9.64 Å². The summed E-state index contributed by atoms with van der Waals surface area (Å²) in [6, 6.07) is 8.25. The van der Waals surface area contributed by atoms with Crippen LogP contribution in [0.25, 0.3) is 0 Å². The molecular formula is C18H15BrFN3O5. The van der Waals surface area contributed by atoms with E-state index in [1.54, 1.807) is 12.1 Å². The van der Waals surface area contributed by atoms with Crippen molar-refractivity contribution in [1.82, 2.24) is 4.90 Å². The predicted octanol–water partition coefficient (Wildman–Crippen LogP) is 2.88. The summed E-state index contributed by atoms with van der Waals surface area (Å²) in [6.07, 6.45) is 0. The van der Waals surface area contributed by atoms with Gasteiger partial charge in [0, 0.05) is 35.8 Å². The molecule has 1 heterocycles. The van der Waals surface area contributed by atoms with E-state index >= 15 is 0 Å². The summed E-state index contributed by atoms with van der Waals surface area (Å²) in [5, 5.41) is 11.0. The average molecular weight is 452 g/mol. The van der Waals surface area contributed by atoms with Gasteiger partial charge in [0.25, 0.3) is 11.6 Å². The highest BCUT2D eigenvalue weighted by Crippen LogP contribution is 2.35. The third-order valence-electron chi connectivity index (χ3n) is 4.23. The van der Waals surface area contributed by atoms with E-state index in [0.29, 0.717) is 10.0 Å². The molecule has 146 valence electrons. The van der Waals surface area contributed by atoms with Gasteiger partial charge in [-0.1, -0.05) is 15.9 Å². The SMILES string of the molecule is CN(Cc1cc(Br)ccc1F)C(=O)CN1C(=O)COc2ccc([N+](=O)[O-])cc21. The van der Waals surface area contributed by atoms with E-state index in [1.165, 1.54) is 36.2 Å². The summed E-state index contributed by atoms with van der Waals surface area (Å²) in [5.74, 6) is -1.12. The van der Waals surface area contributed by atoms with Gasteiger partial charge in [0.05, 0.1) is 10.6 Å². The van der Waals surface area contributed by atoms with Gasteiger partial charge in [-0.2, -0.15) is 0 Å². The Morgan fingerprint density at radius 2 is 2.11 bits per heavy atom. The smallest absolute Gasteiger partial charge is 0.271 e. The first-order chi connectivity index (χ1) is 13.3. The summed E-state index contributed by atoms with van der Waals surface area (Å²) in [4.78, 5) is 37.7. The highest BCUT2D eigenvalue weighted by molar-refractivity contribution is 9.10. The molecule has 1 aliphatic heterocycles. The van der Waals surface area contributed by atoms with E-state index < -0.39 is 22.6 Å². The molecule has 0 atom stereocenters. The Morgan fingerprint density at radius 3 is 2.82 bits per heavy atom. The Kier molecular flexibility index (Phi) is 5.59. The second-order valence-electron chi connectivity index (χ2n) is 6.16. The van der Waals surface area contributed by atoms with Gasteiger partial charge in [0.15, 0.2) is 6.61 Å². The van der Waals surface area contributed by atoms with Crippen molar-refractivity contribution in [3.8, 4) is 5.75 Å². The molecule has 0 bridgehead atoms. The summed E-state index contributed by atoms with van der Waals surface area (Å²) in [7, 11) is 1.49. The molecule has 0 spiro atoms. The Labute approximate surface area is 167 Å². The van der Waals surface area contributed by atoms with Crippen LogP contribution in [0.4, 0.5) is 15.8 Å². The van der Waals surface area contributed by atoms with E-state index in [-0.39, 0.29) is 36.8 Å². The standard InChI is InChI=1S/C18H15BrFN3O5/c1-21(8-11-6-12(19)2-4-14(11)20)17(24)9-22-15-7-13(23(26)27)3-5-16(15)28-10-18(22)25/h2-7H,8-10H2,1H3. The number of anilines is 1. The summed E-state index contributed by atoms with van der Waals surface area (Å²) in [6.45, 7) is -0.616. The zero-order valence-electron chi connectivity index (χ0n) is 14.7. The highest BCUT2D eigenvalue weighted by atomic mass is 79.9. The Bertz CT molecular complexity index is 968. The summed E-state index contributed by atoms with van der Waals surface area (Å²) in [5.41, 5.74) is 0.245. The fraction of sp³-hybridized carbons (Fsp3) is 0.222. The molecule has 3 rings (SSSR count). The Hall–Kier alpha value is -3.01. The average Bonchev–Trinajstić information content (AvgIpc) is 2.66. The van der Waals surface area contributed by atoms with E-state index in [2.05, 4.69) is 15.9 Å². The minimum absolute atomic E-state index is 0.00440. The molecule has 2 amide bonds. The molecule has 0 N–H and O–H groups in total. The first-order valence-electron chi connectivity index (χ1n) is 8.15. The van der Waals surface area contributed by atoms with Crippen molar-refractivity contribution < 1.29 is 23.6 Å². The van der Waals surface area contributed by atoms with Gasteiger partial charge in [0.2, 0.25) is 5.91 Å². The number of hydrogen-bond acceptors (Lipinski definition) is 5. The molecule has 28 heavy (non-hydrogen) atoms. The van der Waals surface area contributed by atoms with Gasteiger partial charge in [-0.15, -0.1) is 0 Å². The lowest BCUT2D eigenvalue weighted by atomic mass is 10.2. The molecule has 0 aromatic heterocycles. The molecule has 0 fully saturated rings.